The first-order chi connectivity index (χ1) is 14.5. The number of hydrogen-bond acceptors (Lipinski definition) is 2. The first kappa shape index (κ1) is 23.1. The minimum Gasteiger partial charge on any atom is -0.481 e. The van der Waals surface area contributed by atoms with Crippen LogP contribution in [0.1, 0.15) is 49.3 Å². The molecule has 1 N–H and O–H groups in total. The monoisotopic (exact) mass is 453 g/mol. The van der Waals surface area contributed by atoms with Crippen LogP contribution in [-0.2, 0) is 22.3 Å². The van der Waals surface area contributed by atoms with Gasteiger partial charge in [-0.2, -0.15) is 13.2 Å². The van der Waals surface area contributed by atoms with Crippen molar-refractivity contribution in [2.45, 2.75) is 45.3 Å². The fourth-order valence-corrected chi connectivity index (χ4v) is 3.73. The standard InChI is InChI=1S/C23H23ClF3NO3/c1-3-28(21(29)14-4-5-14)12-17-9-18(23(25,26)27)6-7-20(17)16-8-15(10-19(24)11-16)13(2)22(30)31/h6-11,13-14H,3-5,12H2,1-2H3,(H,30,31). The first-order valence-corrected chi connectivity index (χ1v) is 10.4. The second kappa shape index (κ2) is 8.91. The summed E-state index contributed by atoms with van der Waals surface area (Å²) in [5.41, 5.74) is 0.970. The number of nitrogens with zero attached hydrogens (tertiary/aromatic N) is 1. The van der Waals surface area contributed by atoms with Gasteiger partial charge in [-0.25, -0.2) is 0 Å². The molecule has 0 aromatic heterocycles. The molecule has 0 spiro atoms. The van der Waals surface area contributed by atoms with Crippen LogP contribution >= 0.6 is 11.6 Å². The van der Waals surface area contributed by atoms with Crippen molar-refractivity contribution >= 4 is 23.5 Å². The summed E-state index contributed by atoms with van der Waals surface area (Å²) in [5, 5.41) is 9.61. The van der Waals surface area contributed by atoms with Gasteiger partial charge in [-0.1, -0.05) is 23.7 Å². The number of carbonyl (C=O) groups excluding carboxylic acids is 1. The van der Waals surface area contributed by atoms with Gasteiger partial charge in [-0.05, 0) is 73.2 Å². The third-order valence-corrected chi connectivity index (χ3v) is 5.73. The van der Waals surface area contributed by atoms with Gasteiger partial charge in [0, 0.05) is 24.0 Å². The van der Waals surface area contributed by atoms with Crippen LogP contribution in [0.2, 0.25) is 5.02 Å². The second-order valence-corrected chi connectivity index (χ2v) is 8.27. The summed E-state index contributed by atoms with van der Waals surface area (Å²) in [4.78, 5) is 25.5. The molecular formula is C23H23ClF3NO3. The maximum absolute atomic E-state index is 13.4. The van der Waals surface area contributed by atoms with E-state index in [9.17, 15) is 27.9 Å². The van der Waals surface area contributed by atoms with Crippen molar-refractivity contribution < 1.29 is 27.9 Å². The van der Waals surface area contributed by atoms with Crippen molar-refractivity contribution in [3.63, 3.8) is 0 Å². The molecule has 0 radical (unpaired) electrons. The number of carboxylic acids is 1. The Morgan fingerprint density at radius 1 is 1.19 bits per heavy atom. The van der Waals surface area contributed by atoms with Crippen molar-refractivity contribution in [1.29, 1.82) is 0 Å². The molecule has 0 aliphatic heterocycles. The molecule has 4 nitrogen and oxygen atoms in total. The molecule has 31 heavy (non-hydrogen) atoms. The van der Waals surface area contributed by atoms with Crippen LogP contribution in [0.25, 0.3) is 11.1 Å². The molecule has 0 heterocycles. The zero-order chi connectivity index (χ0) is 22.9. The predicted molar refractivity (Wildman–Crippen MR) is 112 cm³/mol. The Kier molecular flexibility index (Phi) is 6.65. The van der Waals surface area contributed by atoms with Gasteiger partial charge >= 0.3 is 12.1 Å². The van der Waals surface area contributed by atoms with E-state index in [1.165, 1.54) is 19.1 Å². The van der Waals surface area contributed by atoms with E-state index in [2.05, 4.69) is 0 Å². The number of carbonyl (C=O) groups is 2. The SMILES string of the molecule is CCN(Cc1cc(C(F)(F)F)ccc1-c1cc(Cl)cc(C(C)C(=O)O)c1)C(=O)C1CC1. The van der Waals surface area contributed by atoms with Gasteiger partial charge in [0.1, 0.15) is 0 Å². The van der Waals surface area contributed by atoms with Crippen LogP contribution in [0.3, 0.4) is 0 Å². The second-order valence-electron chi connectivity index (χ2n) is 7.83. The van der Waals surface area contributed by atoms with E-state index in [1.54, 1.807) is 24.0 Å². The molecule has 1 aliphatic carbocycles. The Balaban J connectivity index is 2.09. The summed E-state index contributed by atoms with van der Waals surface area (Å²) < 4.78 is 40.1. The highest BCUT2D eigenvalue weighted by molar-refractivity contribution is 6.31. The molecular weight excluding hydrogens is 431 g/mol. The number of aliphatic carboxylic acids is 1. The predicted octanol–water partition coefficient (Wildman–Crippen LogP) is 5.97. The zero-order valence-electron chi connectivity index (χ0n) is 17.2. The highest BCUT2D eigenvalue weighted by Gasteiger charge is 2.34. The van der Waals surface area contributed by atoms with Gasteiger partial charge in [-0.15, -0.1) is 0 Å². The van der Waals surface area contributed by atoms with E-state index in [4.69, 9.17) is 11.6 Å². The maximum atomic E-state index is 13.4. The Hall–Kier alpha value is -2.54. The lowest BCUT2D eigenvalue weighted by Crippen LogP contribution is -2.31. The lowest BCUT2D eigenvalue weighted by Gasteiger charge is -2.24. The molecule has 8 heteroatoms. The van der Waals surface area contributed by atoms with Crippen LogP contribution in [0.4, 0.5) is 13.2 Å². The van der Waals surface area contributed by atoms with Crippen molar-refractivity contribution in [3.8, 4) is 11.1 Å². The number of benzene rings is 2. The molecule has 0 saturated heterocycles. The largest absolute Gasteiger partial charge is 0.481 e. The van der Waals surface area contributed by atoms with E-state index in [0.29, 0.717) is 28.8 Å². The number of alkyl halides is 3. The molecule has 1 saturated carbocycles. The lowest BCUT2D eigenvalue weighted by atomic mass is 9.92. The summed E-state index contributed by atoms with van der Waals surface area (Å²) in [6.07, 6.45) is -2.92. The number of hydrogen-bond donors (Lipinski definition) is 1. The highest BCUT2D eigenvalue weighted by atomic mass is 35.5. The van der Waals surface area contributed by atoms with E-state index < -0.39 is 23.6 Å². The van der Waals surface area contributed by atoms with Gasteiger partial charge in [0.15, 0.2) is 0 Å². The molecule has 1 fully saturated rings. The maximum Gasteiger partial charge on any atom is 0.416 e. The highest BCUT2D eigenvalue weighted by Crippen LogP contribution is 2.37. The Labute approximate surface area is 183 Å². The molecule has 1 unspecified atom stereocenters. The summed E-state index contributed by atoms with van der Waals surface area (Å²) >= 11 is 6.20. The third-order valence-electron chi connectivity index (χ3n) is 5.52. The number of carboxylic acid groups (broad SMARTS) is 1. The molecule has 2 aromatic rings. The van der Waals surface area contributed by atoms with E-state index in [-0.39, 0.29) is 23.4 Å². The van der Waals surface area contributed by atoms with E-state index in [1.807, 2.05) is 0 Å². The van der Waals surface area contributed by atoms with Gasteiger partial charge < -0.3 is 10.0 Å². The summed E-state index contributed by atoms with van der Waals surface area (Å²) in [6.45, 7) is 3.71. The Morgan fingerprint density at radius 2 is 1.87 bits per heavy atom. The average Bonchev–Trinajstić information content (AvgIpc) is 3.54. The zero-order valence-corrected chi connectivity index (χ0v) is 17.9. The average molecular weight is 454 g/mol. The van der Waals surface area contributed by atoms with E-state index in [0.717, 1.165) is 25.0 Å². The molecule has 1 atom stereocenters. The Bertz CT molecular complexity index is 1000. The number of amides is 1. The lowest BCUT2D eigenvalue weighted by molar-refractivity contribution is -0.139. The van der Waals surface area contributed by atoms with Gasteiger partial charge in [0.25, 0.3) is 0 Å². The van der Waals surface area contributed by atoms with Crippen LogP contribution in [0.5, 0.6) is 0 Å². The summed E-state index contributed by atoms with van der Waals surface area (Å²) in [6, 6.07) is 8.13. The summed E-state index contributed by atoms with van der Waals surface area (Å²) in [7, 11) is 0. The van der Waals surface area contributed by atoms with Crippen molar-refractivity contribution in [2.24, 2.45) is 5.92 Å². The van der Waals surface area contributed by atoms with Crippen LogP contribution in [0, 0.1) is 5.92 Å². The van der Waals surface area contributed by atoms with Crippen molar-refractivity contribution in [1.82, 2.24) is 4.90 Å². The molecule has 166 valence electrons. The molecule has 1 aliphatic rings. The van der Waals surface area contributed by atoms with Gasteiger partial charge in [0.2, 0.25) is 5.91 Å². The fraction of sp³-hybridized carbons (Fsp3) is 0.391. The first-order valence-electron chi connectivity index (χ1n) is 10.0. The van der Waals surface area contributed by atoms with E-state index >= 15 is 0 Å². The van der Waals surface area contributed by atoms with Crippen molar-refractivity contribution in [3.05, 3.63) is 58.1 Å². The molecule has 3 rings (SSSR count). The topological polar surface area (TPSA) is 57.6 Å². The smallest absolute Gasteiger partial charge is 0.416 e. The number of rotatable bonds is 7. The van der Waals surface area contributed by atoms with Gasteiger partial charge in [-0.3, -0.25) is 9.59 Å². The van der Waals surface area contributed by atoms with Crippen molar-refractivity contribution in [2.75, 3.05) is 6.54 Å². The number of halogens is 4. The molecule has 1 amide bonds. The Morgan fingerprint density at radius 3 is 2.42 bits per heavy atom. The third kappa shape index (κ3) is 5.39. The van der Waals surface area contributed by atoms with Gasteiger partial charge in [0.05, 0.1) is 11.5 Å². The van der Waals surface area contributed by atoms with Crippen LogP contribution in [-0.4, -0.2) is 28.4 Å². The quantitative estimate of drug-likeness (QED) is 0.561. The minimum atomic E-state index is -4.53. The van der Waals surface area contributed by atoms with Crippen LogP contribution < -0.4 is 0 Å². The fourth-order valence-electron chi connectivity index (χ4n) is 3.48. The summed E-state index contributed by atoms with van der Waals surface area (Å²) in [5.74, 6) is -1.98. The van der Waals surface area contributed by atoms with Crippen LogP contribution in [0.15, 0.2) is 36.4 Å². The minimum absolute atomic E-state index is 0.0292. The molecule has 2 aromatic carbocycles. The normalized spacial score (nSPS) is 14.9. The molecule has 0 bridgehead atoms.